The Labute approximate surface area is 118 Å². The second-order valence-electron chi connectivity index (χ2n) is 5.13. The summed E-state index contributed by atoms with van der Waals surface area (Å²) in [6.07, 6.45) is 2.73. The number of hydrogen-bond acceptors (Lipinski definition) is 3. The van der Waals surface area contributed by atoms with Crippen molar-refractivity contribution in [3.63, 3.8) is 0 Å². The van der Waals surface area contributed by atoms with Crippen molar-refractivity contribution in [3.05, 3.63) is 47.0 Å². The monoisotopic (exact) mass is 270 g/mol. The molecule has 1 aliphatic carbocycles. The molecule has 0 saturated carbocycles. The van der Waals surface area contributed by atoms with Crippen molar-refractivity contribution in [3.8, 4) is 0 Å². The summed E-state index contributed by atoms with van der Waals surface area (Å²) in [4.78, 5) is 18.4. The van der Waals surface area contributed by atoms with Gasteiger partial charge in [-0.2, -0.15) is 0 Å². The number of benzene rings is 1. The Morgan fingerprint density at radius 2 is 2.25 bits per heavy atom. The number of carbonyl (C=O) groups excluding carboxylic acids is 1. The van der Waals surface area contributed by atoms with Crippen LogP contribution in [0, 0.1) is 0 Å². The first kappa shape index (κ1) is 12.8. The second-order valence-corrected chi connectivity index (χ2v) is 5.13. The molecule has 1 heterocycles. The van der Waals surface area contributed by atoms with Crippen LogP contribution in [-0.2, 0) is 12.8 Å². The summed E-state index contributed by atoms with van der Waals surface area (Å²) in [6, 6.07) is 8.44. The van der Waals surface area contributed by atoms with Crippen molar-refractivity contribution in [2.24, 2.45) is 0 Å². The van der Waals surface area contributed by atoms with Gasteiger partial charge in [0.2, 0.25) is 5.82 Å². The highest BCUT2D eigenvalue weighted by Crippen LogP contribution is 2.35. The molecule has 1 N–H and O–H groups in total. The van der Waals surface area contributed by atoms with Crippen LogP contribution in [0.5, 0.6) is 0 Å². The maximum absolute atomic E-state index is 12.5. The van der Waals surface area contributed by atoms with Gasteiger partial charge in [-0.1, -0.05) is 31.2 Å². The zero-order valence-electron chi connectivity index (χ0n) is 11.8. The van der Waals surface area contributed by atoms with Crippen molar-refractivity contribution in [2.75, 3.05) is 7.05 Å². The molecule has 1 aromatic heterocycles. The lowest BCUT2D eigenvalue weighted by Gasteiger charge is -2.24. The highest BCUT2D eigenvalue weighted by atomic mass is 16.2. The lowest BCUT2D eigenvalue weighted by Crippen LogP contribution is -2.31. The number of H-pyrrole nitrogens is 1. The van der Waals surface area contributed by atoms with Crippen LogP contribution >= 0.6 is 0 Å². The van der Waals surface area contributed by atoms with E-state index >= 15 is 0 Å². The standard InChI is InChI=1S/C15H18N4O/c1-3-13-16-14(18-17-13)15(20)19(2)12-9-8-10-6-4-5-7-11(10)12/h4-7,12H,3,8-9H2,1-2H3,(H,16,17,18). The van der Waals surface area contributed by atoms with Crippen molar-refractivity contribution < 1.29 is 4.79 Å². The summed E-state index contributed by atoms with van der Waals surface area (Å²) < 4.78 is 0. The molecule has 1 aromatic carbocycles. The third-order valence-electron chi connectivity index (χ3n) is 3.95. The first-order valence-electron chi connectivity index (χ1n) is 6.97. The largest absolute Gasteiger partial charge is 0.332 e. The number of aryl methyl sites for hydroxylation is 2. The zero-order valence-corrected chi connectivity index (χ0v) is 11.8. The fourth-order valence-electron chi connectivity index (χ4n) is 2.79. The van der Waals surface area contributed by atoms with E-state index in [1.165, 1.54) is 11.1 Å². The summed E-state index contributed by atoms with van der Waals surface area (Å²) in [6.45, 7) is 1.98. The van der Waals surface area contributed by atoms with Gasteiger partial charge in [-0.3, -0.25) is 9.89 Å². The van der Waals surface area contributed by atoms with Crippen LogP contribution in [0.4, 0.5) is 0 Å². The van der Waals surface area contributed by atoms with Gasteiger partial charge in [-0.05, 0) is 24.0 Å². The van der Waals surface area contributed by atoms with Crippen LogP contribution in [0.15, 0.2) is 24.3 Å². The Hall–Kier alpha value is -2.17. The van der Waals surface area contributed by atoms with Crippen LogP contribution in [0.1, 0.15) is 47.0 Å². The highest BCUT2D eigenvalue weighted by molar-refractivity contribution is 5.90. The van der Waals surface area contributed by atoms with E-state index in [0.717, 1.165) is 25.1 Å². The first-order valence-corrected chi connectivity index (χ1v) is 6.97. The number of fused-ring (bicyclic) bond motifs is 1. The molecule has 0 radical (unpaired) electrons. The number of nitrogens with one attached hydrogen (secondary N) is 1. The third kappa shape index (κ3) is 2.09. The molecular formula is C15H18N4O. The minimum atomic E-state index is -0.123. The Bertz CT molecular complexity index is 634. The first-order chi connectivity index (χ1) is 9.70. The lowest BCUT2D eigenvalue weighted by atomic mass is 10.1. The van der Waals surface area contributed by atoms with Crippen LogP contribution in [0.25, 0.3) is 0 Å². The van der Waals surface area contributed by atoms with Gasteiger partial charge in [0, 0.05) is 13.5 Å². The summed E-state index contributed by atoms with van der Waals surface area (Å²) in [5, 5.41) is 6.80. The molecule has 0 saturated heterocycles. The number of nitrogens with zero attached hydrogens (tertiary/aromatic N) is 3. The summed E-state index contributed by atoms with van der Waals surface area (Å²) in [7, 11) is 1.83. The molecule has 1 unspecified atom stereocenters. The molecular weight excluding hydrogens is 252 g/mol. The van der Waals surface area contributed by atoms with Crippen LogP contribution < -0.4 is 0 Å². The quantitative estimate of drug-likeness (QED) is 0.929. The average molecular weight is 270 g/mol. The predicted octanol–water partition coefficient (Wildman–Crippen LogP) is 2.13. The van der Waals surface area contributed by atoms with Gasteiger partial charge in [-0.15, -0.1) is 5.10 Å². The van der Waals surface area contributed by atoms with E-state index in [1.54, 1.807) is 4.90 Å². The van der Waals surface area contributed by atoms with Gasteiger partial charge in [0.05, 0.1) is 6.04 Å². The van der Waals surface area contributed by atoms with Crippen molar-refractivity contribution in [2.45, 2.75) is 32.2 Å². The highest BCUT2D eigenvalue weighted by Gasteiger charge is 2.30. The molecule has 1 amide bonds. The number of aromatic amines is 1. The smallest absolute Gasteiger partial charge is 0.293 e. The minimum Gasteiger partial charge on any atom is -0.332 e. The summed E-state index contributed by atoms with van der Waals surface area (Å²) >= 11 is 0. The molecule has 1 aliphatic rings. The topological polar surface area (TPSA) is 61.9 Å². The normalized spacial score (nSPS) is 17.0. The molecule has 5 heteroatoms. The van der Waals surface area contributed by atoms with E-state index in [-0.39, 0.29) is 17.8 Å². The van der Waals surface area contributed by atoms with E-state index in [1.807, 2.05) is 26.1 Å². The Morgan fingerprint density at radius 1 is 1.45 bits per heavy atom. The fourth-order valence-corrected chi connectivity index (χ4v) is 2.79. The van der Waals surface area contributed by atoms with Crippen molar-refractivity contribution in [1.29, 1.82) is 0 Å². The number of hydrogen-bond donors (Lipinski definition) is 1. The van der Waals surface area contributed by atoms with E-state index in [2.05, 4.69) is 27.3 Å². The second kappa shape index (κ2) is 5.07. The van der Waals surface area contributed by atoms with Crippen LogP contribution in [0.3, 0.4) is 0 Å². The van der Waals surface area contributed by atoms with Gasteiger partial charge >= 0.3 is 0 Å². The summed E-state index contributed by atoms with van der Waals surface area (Å²) in [5.41, 5.74) is 2.58. The van der Waals surface area contributed by atoms with E-state index < -0.39 is 0 Å². The van der Waals surface area contributed by atoms with Gasteiger partial charge in [0.15, 0.2) is 0 Å². The maximum Gasteiger partial charge on any atom is 0.293 e. The number of carbonyl (C=O) groups is 1. The Kier molecular flexibility index (Phi) is 3.26. The molecule has 20 heavy (non-hydrogen) atoms. The minimum absolute atomic E-state index is 0.123. The van der Waals surface area contributed by atoms with E-state index in [4.69, 9.17) is 0 Å². The average Bonchev–Trinajstić information content (AvgIpc) is 3.12. The molecule has 0 fully saturated rings. The molecule has 0 bridgehead atoms. The number of aromatic nitrogens is 3. The molecule has 3 rings (SSSR count). The van der Waals surface area contributed by atoms with Crippen LogP contribution in [-0.4, -0.2) is 33.0 Å². The molecule has 104 valence electrons. The number of rotatable bonds is 3. The summed E-state index contributed by atoms with van der Waals surface area (Å²) in [5.74, 6) is 0.880. The van der Waals surface area contributed by atoms with Gasteiger partial charge in [-0.25, -0.2) is 4.98 Å². The van der Waals surface area contributed by atoms with Crippen molar-refractivity contribution in [1.82, 2.24) is 20.1 Å². The molecule has 0 aliphatic heterocycles. The van der Waals surface area contributed by atoms with Gasteiger partial charge in [0.25, 0.3) is 5.91 Å². The Morgan fingerprint density at radius 3 is 3.00 bits per heavy atom. The fraction of sp³-hybridized carbons (Fsp3) is 0.400. The van der Waals surface area contributed by atoms with Crippen molar-refractivity contribution >= 4 is 5.91 Å². The van der Waals surface area contributed by atoms with E-state index in [9.17, 15) is 4.79 Å². The molecule has 2 aromatic rings. The molecule has 0 spiro atoms. The van der Waals surface area contributed by atoms with Gasteiger partial charge < -0.3 is 4.90 Å². The maximum atomic E-state index is 12.5. The number of amides is 1. The SMILES string of the molecule is CCc1nc(C(=O)N(C)C2CCc3ccccc32)n[nH]1. The Balaban J connectivity index is 1.83. The molecule has 5 nitrogen and oxygen atoms in total. The van der Waals surface area contributed by atoms with E-state index in [0.29, 0.717) is 0 Å². The van der Waals surface area contributed by atoms with Crippen LogP contribution in [0.2, 0.25) is 0 Å². The lowest BCUT2D eigenvalue weighted by molar-refractivity contribution is 0.0718. The van der Waals surface area contributed by atoms with Gasteiger partial charge in [0.1, 0.15) is 5.82 Å². The zero-order chi connectivity index (χ0) is 14.1. The third-order valence-corrected chi connectivity index (χ3v) is 3.95. The predicted molar refractivity (Wildman–Crippen MR) is 75.4 cm³/mol. The molecule has 1 atom stereocenters.